The van der Waals surface area contributed by atoms with E-state index in [1.165, 1.54) is 24.0 Å². The first kappa shape index (κ1) is 27.3. The summed E-state index contributed by atoms with van der Waals surface area (Å²) in [5, 5.41) is 16.1. The van der Waals surface area contributed by atoms with Gasteiger partial charge in [0.1, 0.15) is 42.2 Å². The molecule has 3 heterocycles. The summed E-state index contributed by atoms with van der Waals surface area (Å²) in [6.07, 6.45) is 8.38. The van der Waals surface area contributed by atoms with Gasteiger partial charge in [0.15, 0.2) is 0 Å². The van der Waals surface area contributed by atoms with Crippen molar-refractivity contribution >= 4 is 17.6 Å². The van der Waals surface area contributed by atoms with Gasteiger partial charge in [-0.1, -0.05) is 6.07 Å². The maximum absolute atomic E-state index is 13.2. The summed E-state index contributed by atoms with van der Waals surface area (Å²) in [6, 6.07) is 11.1. The zero-order valence-electron chi connectivity index (χ0n) is 21.5. The highest BCUT2D eigenvalue weighted by Crippen LogP contribution is 2.20. The largest absolute Gasteiger partial charge is 0.492 e. The van der Waals surface area contributed by atoms with Crippen LogP contribution in [-0.4, -0.2) is 69.8 Å². The molecule has 9 nitrogen and oxygen atoms in total. The number of anilines is 2. The molecular weight excluding hydrogens is 487 g/mol. The molecular formula is C28H35FN6O3. The van der Waals surface area contributed by atoms with Crippen LogP contribution in [0.4, 0.5) is 16.0 Å². The molecule has 0 unspecified atom stereocenters. The predicted molar refractivity (Wildman–Crippen MR) is 144 cm³/mol. The number of aromatic nitrogens is 3. The number of nitrogens with one attached hydrogen (secondary N) is 2. The van der Waals surface area contributed by atoms with Gasteiger partial charge in [-0.15, -0.1) is 0 Å². The third kappa shape index (κ3) is 8.65. The molecule has 38 heavy (non-hydrogen) atoms. The minimum Gasteiger partial charge on any atom is -0.492 e. The Morgan fingerprint density at radius 2 is 2.00 bits per heavy atom. The molecule has 1 aliphatic heterocycles. The van der Waals surface area contributed by atoms with Gasteiger partial charge in [0, 0.05) is 31.5 Å². The molecule has 1 aliphatic rings. The number of hydrogen-bond donors (Lipinski definition) is 3. The molecule has 202 valence electrons. The molecule has 0 saturated carbocycles. The van der Waals surface area contributed by atoms with Crippen LogP contribution in [0.25, 0.3) is 0 Å². The van der Waals surface area contributed by atoms with E-state index in [9.17, 15) is 14.3 Å². The number of nitrogens with zero attached hydrogens (tertiary/aromatic N) is 4. The number of hydrogen-bond acceptors (Lipinski definition) is 8. The molecule has 0 fully saturated rings. The van der Waals surface area contributed by atoms with Crippen molar-refractivity contribution in [3.8, 4) is 5.75 Å². The van der Waals surface area contributed by atoms with Crippen molar-refractivity contribution < 1.29 is 19.0 Å². The van der Waals surface area contributed by atoms with Gasteiger partial charge in [0.05, 0.1) is 0 Å². The molecule has 0 spiro atoms. The lowest BCUT2D eigenvalue weighted by molar-refractivity contribution is -0.138. The van der Waals surface area contributed by atoms with Crippen molar-refractivity contribution in [1.82, 2.24) is 19.9 Å². The molecule has 10 heteroatoms. The van der Waals surface area contributed by atoms with Gasteiger partial charge in [0.25, 0.3) is 0 Å². The zero-order valence-corrected chi connectivity index (χ0v) is 21.5. The van der Waals surface area contributed by atoms with Gasteiger partial charge in [-0.25, -0.2) is 24.1 Å². The minimum atomic E-state index is -0.932. The number of aryl methyl sites for hydroxylation is 2. The fraction of sp³-hybridized carbons (Fsp3) is 0.429. The number of ether oxygens (including phenoxy) is 1. The van der Waals surface area contributed by atoms with E-state index in [-0.39, 0.29) is 5.82 Å². The summed E-state index contributed by atoms with van der Waals surface area (Å²) in [5.74, 6) is 0.861. The van der Waals surface area contributed by atoms with Gasteiger partial charge in [0.2, 0.25) is 0 Å². The number of benzene rings is 1. The van der Waals surface area contributed by atoms with Crippen LogP contribution in [0.3, 0.4) is 0 Å². The topological polar surface area (TPSA) is 112 Å². The number of unbranched alkanes of at least 4 members (excludes halogenated alkanes) is 1. The van der Waals surface area contributed by atoms with Crippen molar-refractivity contribution in [2.24, 2.45) is 0 Å². The van der Waals surface area contributed by atoms with Gasteiger partial charge >= 0.3 is 5.97 Å². The monoisotopic (exact) mass is 522 g/mol. The molecule has 3 N–H and O–H groups in total. The van der Waals surface area contributed by atoms with E-state index in [1.54, 1.807) is 24.4 Å². The smallest absolute Gasteiger partial charge is 0.326 e. The van der Waals surface area contributed by atoms with Crippen LogP contribution in [0, 0.1) is 5.82 Å². The number of carboxylic acids is 1. The first-order chi connectivity index (χ1) is 18.6. The summed E-state index contributed by atoms with van der Waals surface area (Å²) in [6.45, 7) is 3.39. The van der Waals surface area contributed by atoms with Crippen LogP contribution < -0.4 is 15.4 Å². The minimum absolute atomic E-state index is 0.306. The standard InChI is InChI=1S/C28H35FN6O3/c29-22-7-10-24(11-8-22)38-19-18-35(17-13-25(28(36)37)34-26-12-15-30-20-32-26)16-2-1-5-23-9-6-21-4-3-14-31-27(21)33-23/h6-12,15,20,25H,1-5,13-14,16-19H2,(H,31,33)(H,36,37)(H,30,32,34)/t25-/m0/s1. The molecule has 0 bridgehead atoms. The summed E-state index contributed by atoms with van der Waals surface area (Å²) in [4.78, 5) is 26.8. The lowest BCUT2D eigenvalue weighted by atomic mass is 10.1. The van der Waals surface area contributed by atoms with Crippen LogP contribution in [0.1, 0.15) is 36.9 Å². The second-order valence-corrected chi connectivity index (χ2v) is 9.36. The maximum Gasteiger partial charge on any atom is 0.326 e. The van der Waals surface area contributed by atoms with E-state index in [0.717, 1.165) is 56.7 Å². The molecule has 3 aromatic rings. The lowest BCUT2D eigenvalue weighted by Crippen LogP contribution is -2.37. The van der Waals surface area contributed by atoms with Crippen LogP contribution in [0.5, 0.6) is 5.75 Å². The van der Waals surface area contributed by atoms with E-state index < -0.39 is 12.0 Å². The Morgan fingerprint density at radius 3 is 2.79 bits per heavy atom. The van der Waals surface area contributed by atoms with Crippen molar-refractivity contribution in [2.75, 3.05) is 43.4 Å². The highest BCUT2D eigenvalue weighted by atomic mass is 19.1. The lowest BCUT2D eigenvalue weighted by Gasteiger charge is -2.24. The molecule has 0 amide bonds. The molecule has 1 atom stereocenters. The predicted octanol–water partition coefficient (Wildman–Crippen LogP) is 4.03. The van der Waals surface area contributed by atoms with E-state index in [1.807, 2.05) is 0 Å². The second kappa shape index (κ2) is 14.2. The molecule has 1 aromatic carbocycles. The van der Waals surface area contributed by atoms with Crippen molar-refractivity contribution in [1.29, 1.82) is 0 Å². The van der Waals surface area contributed by atoms with Crippen LogP contribution in [0.15, 0.2) is 55.0 Å². The van der Waals surface area contributed by atoms with Crippen LogP contribution in [-0.2, 0) is 17.6 Å². The Balaban J connectivity index is 1.29. The number of fused-ring (bicyclic) bond motifs is 1. The van der Waals surface area contributed by atoms with E-state index >= 15 is 0 Å². The normalized spacial score (nSPS) is 13.4. The Kier molecular flexibility index (Phi) is 10.2. The quantitative estimate of drug-likeness (QED) is 0.255. The summed E-state index contributed by atoms with van der Waals surface area (Å²) in [7, 11) is 0. The Hall–Kier alpha value is -3.79. The molecule has 4 rings (SSSR count). The van der Waals surface area contributed by atoms with Gasteiger partial charge < -0.3 is 20.5 Å². The Bertz CT molecular complexity index is 1150. The average Bonchev–Trinajstić information content (AvgIpc) is 2.94. The summed E-state index contributed by atoms with van der Waals surface area (Å²) in [5.41, 5.74) is 2.38. The fourth-order valence-electron chi connectivity index (χ4n) is 4.43. The number of carboxylic acid groups (broad SMARTS) is 1. The van der Waals surface area contributed by atoms with E-state index in [2.05, 4.69) is 37.6 Å². The SMILES string of the molecule is O=C(O)[C@H](CCN(CCCCc1ccc2c(n1)NCCC2)CCOc1ccc(F)cc1)Nc1ccncn1. The highest BCUT2D eigenvalue weighted by Gasteiger charge is 2.19. The van der Waals surface area contributed by atoms with E-state index in [4.69, 9.17) is 9.72 Å². The number of rotatable bonds is 15. The molecule has 2 aromatic heterocycles. The number of carbonyl (C=O) groups is 1. The highest BCUT2D eigenvalue weighted by molar-refractivity contribution is 5.76. The maximum atomic E-state index is 13.2. The zero-order chi connectivity index (χ0) is 26.6. The second-order valence-electron chi connectivity index (χ2n) is 9.36. The van der Waals surface area contributed by atoms with Crippen LogP contribution >= 0.6 is 0 Å². The third-order valence-corrected chi connectivity index (χ3v) is 6.54. The number of pyridine rings is 1. The number of halogens is 1. The number of aliphatic carboxylic acids is 1. The summed E-state index contributed by atoms with van der Waals surface area (Å²) >= 11 is 0. The van der Waals surface area contributed by atoms with Crippen molar-refractivity contribution in [2.45, 2.75) is 44.6 Å². The Labute approximate surface area is 222 Å². The van der Waals surface area contributed by atoms with Crippen LogP contribution in [0.2, 0.25) is 0 Å². The van der Waals surface area contributed by atoms with Crippen molar-refractivity contribution in [3.63, 3.8) is 0 Å². The van der Waals surface area contributed by atoms with Gasteiger partial charge in [-0.05, 0) is 87.0 Å². The van der Waals surface area contributed by atoms with Gasteiger partial charge in [-0.3, -0.25) is 4.90 Å². The molecule has 0 aliphatic carbocycles. The first-order valence-corrected chi connectivity index (χ1v) is 13.2. The van der Waals surface area contributed by atoms with Crippen molar-refractivity contribution in [3.05, 3.63) is 72.1 Å². The van der Waals surface area contributed by atoms with E-state index in [0.29, 0.717) is 37.7 Å². The summed E-state index contributed by atoms with van der Waals surface area (Å²) < 4.78 is 19.0. The fourth-order valence-corrected chi connectivity index (χ4v) is 4.43. The van der Waals surface area contributed by atoms with Gasteiger partial charge in [-0.2, -0.15) is 0 Å². The Morgan fingerprint density at radius 1 is 1.13 bits per heavy atom. The average molecular weight is 523 g/mol. The first-order valence-electron chi connectivity index (χ1n) is 13.2. The molecule has 0 saturated heterocycles. The molecule has 0 radical (unpaired) electrons. The third-order valence-electron chi connectivity index (χ3n) is 6.54.